The van der Waals surface area contributed by atoms with Crippen molar-refractivity contribution < 1.29 is 18.1 Å². The molecule has 0 amide bonds. The SMILES string of the molecule is [CH2]CC(CCO)S(=O)(=O)O. The molecule has 0 aromatic rings. The predicted octanol–water partition coefficient (Wildman–Crippen LogP) is -0.151. The van der Waals surface area contributed by atoms with Crippen molar-refractivity contribution in [1.82, 2.24) is 0 Å². The Morgan fingerprint density at radius 2 is 2.00 bits per heavy atom. The highest BCUT2D eigenvalue weighted by atomic mass is 32.2. The van der Waals surface area contributed by atoms with E-state index in [1.54, 1.807) is 0 Å². The van der Waals surface area contributed by atoms with Crippen molar-refractivity contribution in [2.75, 3.05) is 6.61 Å². The van der Waals surface area contributed by atoms with Gasteiger partial charge in [-0.2, -0.15) is 8.42 Å². The van der Waals surface area contributed by atoms with E-state index in [2.05, 4.69) is 6.92 Å². The molecule has 0 heterocycles. The summed E-state index contributed by atoms with van der Waals surface area (Å²) in [5.41, 5.74) is 0. The van der Waals surface area contributed by atoms with Crippen LogP contribution >= 0.6 is 0 Å². The van der Waals surface area contributed by atoms with E-state index in [4.69, 9.17) is 9.66 Å². The van der Waals surface area contributed by atoms with Gasteiger partial charge >= 0.3 is 0 Å². The Kier molecular flexibility index (Phi) is 3.85. The first-order valence-corrected chi connectivity index (χ1v) is 4.39. The molecule has 0 saturated carbocycles. The van der Waals surface area contributed by atoms with E-state index in [1.165, 1.54) is 0 Å². The molecule has 0 rings (SSSR count). The molecule has 1 atom stereocenters. The van der Waals surface area contributed by atoms with Gasteiger partial charge in [-0.3, -0.25) is 4.55 Å². The Morgan fingerprint density at radius 3 is 2.10 bits per heavy atom. The molecule has 1 radical (unpaired) electrons. The molecule has 0 aliphatic rings. The molecule has 5 heteroatoms. The van der Waals surface area contributed by atoms with Crippen LogP contribution in [-0.2, 0) is 10.1 Å². The van der Waals surface area contributed by atoms with Gasteiger partial charge in [0.15, 0.2) is 0 Å². The van der Waals surface area contributed by atoms with Gasteiger partial charge in [0.1, 0.15) is 0 Å². The molecule has 10 heavy (non-hydrogen) atoms. The van der Waals surface area contributed by atoms with E-state index < -0.39 is 15.4 Å². The van der Waals surface area contributed by atoms with Gasteiger partial charge in [0.05, 0.1) is 5.25 Å². The standard InChI is InChI=1S/C5H11O4S/c1-2-5(3-4-6)10(7,8)9/h5-6H,1-4H2,(H,7,8,9). The summed E-state index contributed by atoms with van der Waals surface area (Å²) in [6, 6.07) is 0. The molecular weight excluding hydrogens is 156 g/mol. The molecule has 0 saturated heterocycles. The van der Waals surface area contributed by atoms with Crippen molar-refractivity contribution in [2.45, 2.75) is 18.1 Å². The van der Waals surface area contributed by atoms with Gasteiger partial charge in [-0.1, -0.05) is 6.92 Å². The van der Waals surface area contributed by atoms with Crippen LogP contribution in [-0.4, -0.2) is 29.9 Å². The fourth-order valence-electron chi connectivity index (χ4n) is 0.586. The van der Waals surface area contributed by atoms with Gasteiger partial charge in [0.2, 0.25) is 0 Å². The minimum absolute atomic E-state index is 0.0440. The highest BCUT2D eigenvalue weighted by molar-refractivity contribution is 7.86. The Labute approximate surface area is 60.6 Å². The van der Waals surface area contributed by atoms with Gasteiger partial charge in [-0.15, -0.1) is 0 Å². The Morgan fingerprint density at radius 1 is 1.50 bits per heavy atom. The van der Waals surface area contributed by atoms with Crippen LogP contribution in [0.3, 0.4) is 0 Å². The summed E-state index contributed by atoms with van der Waals surface area (Å²) < 4.78 is 29.1. The minimum atomic E-state index is -4.00. The van der Waals surface area contributed by atoms with Crippen molar-refractivity contribution in [1.29, 1.82) is 0 Å². The molecule has 2 N–H and O–H groups in total. The van der Waals surface area contributed by atoms with Crippen LogP contribution < -0.4 is 0 Å². The fourth-order valence-corrected chi connectivity index (χ4v) is 1.29. The lowest BCUT2D eigenvalue weighted by molar-refractivity contribution is 0.282. The molecule has 0 aromatic carbocycles. The first-order chi connectivity index (χ1) is 4.52. The summed E-state index contributed by atoms with van der Waals surface area (Å²) in [6.45, 7) is 3.07. The van der Waals surface area contributed by atoms with Crippen LogP contribution in [0.4, 0.5) is 0 Å². The molecule has 0 spiro atoms. The number of rotatable bonds is 4. The molecule has 0 bridgehead atoms. The van der Waals surface area contributed by atoms with E-state index in [9.17, 15) is 8.42 Å². The average Bonchev–Trinajstić information content (AvgIpc) is 1.80. The highest BCUT2D eigenvalue weighted by Gasteiger charge is 2.19. The highest BCUT2D eigenvalue weighted by Crippen LogP contribution is 2.06. The molecule has 4 nitrogen and oxygen atoms in total. The van der Waals surface area contributed by atoms with Crippen LogP contribution in [0.5, 0.6) is 0 Å². The smallest absolute Gasteiger partial charge is 0.267 e. The molecule has 1 unspecified atom stereocenters. The zero-order valence-corrected chi connectivity index (χ0v) is 6.34. The summed E-state index contributed by atoms with van der Waals surface area (Å²) in [6.07, 6.45) is 0.127. The van der Waals surface area contributed by atoms with Gasteiger partial charge in [0, 0.05) is 6.61 Å². The largest absolute Gasteiger partial charge is 0.396 e. The lowest BCUT2D eigenvalue weighted by atomic mass is 10.2. The lowest BCUT2D eigenvalue weighted by Crippen LogP contribution is -2.20. The number of hydrogen-bond acceptors (Lipinski definition) is 3. The van der Waals surface area contributed by atoms with E-state index in [0.717, 1.165) is 0 Å². The maximum Gasteiger partial charge on any atom is 0.267 e. The van der Waals surface area contributed by atoms with Gasteiger partial charge in [0.25, 0.3) is 10.1 Å². The van der Waals surface area contributed by atoms with Crippen LogP contribution in [0.2, 0.25) is 0 Å². The lowest BCUT2D eigenvalue weighted by Gasteiger charge is -2.07. The van der Waals surface area contributed by atoms with Gasteiger partial charge in [-0.05, 0) is 12.8 Å². The topological polar surface area (TPSA) is 74.6 Å². The van der Waals surface area contributed by atoms with E-state index in [0.29, 0.717) is 0 Å². The third-order valence-corrected chi connectivity index (χ3v) is 2.51. The molecule has 0 aliphatic heterocycles. The van der Waals surface area contributed by atoms with Crippen LogP contribution in [0.25, 0.3) is 0 Å². The number of hydrogen-bond donors (Lipinski definition) is 2. The molecule has 0 fully saturated rings. The quantitative estimate of drug-likeness (QED) is 0.571. The van der Waals surface area contributed by atoms with Crippen molar-refractivity contribution in [2.24, 2.45) is 0 Å². The summed E-state index contributed by atoms with van der Waals surface area (Å²) >= 11 is 0. The molecule has 61 valence electrons. The Balaban J connectivity index is 4.08. The summed E-state index contributed by atoms with van der Waals surface area (Å²) in [4.78, 5) is 0. The molecule has 0 aromatic heterocycles. The van der Waals surface area contributed by atoms with Gasteiger partial charge in [-0.25, -0.2) is 0 Å². The first-order valence-electron chi connectivity index (χ1n) is 2.88. The third kappa shape index (κ3) is 3.14. The normalized spacial score (nSPS) is 15.1. The third-order valence-electron chi connectivity index (χ3n) is 1.19. The van der Waals surface area contributed by atoms with Gasteiger partial charge < -0.3 is 5.11 Å². The zero-order valence-electron chi connectivity index (χ0n) is 5.52. The molecule has 0 aliphatic carbocycles. The van der Waals surface area contributed by atoms with Crippen molar-refractivity contribution in [3.8, 4) is 0 Å². The van der Waals surface area contributed by atoms with E-state index >= 15 is 0 Å². The van der Waals surface area contributed by atoms with E-state index in [-0.39, 0.29) is 19.4 Å². The predicted molar refractivity (Wildman–Crippen MR) is 37.0 cm³/mol. The maximum absolute atomic E-state index is 10.4. The summed E-state index contributed by atoms with van der Waals surface area (Å²) in [5, 5.41) is 7.41. The monoisotopic (exact) mass is 167 g/mol. The second-order valence-electron chi connectivity index (χ2n) is 1.94. The average molecular weight is 167 g/mol. The Bertz CT molecular complexity index is 172. The second kappa shape index (κ2) is 3.90. The Hall–Kier alpha value is -0.130. The van der Waals surface area contributed by atoms with Crippen LogP contribution in [0.1, 0.15) is 12.8 Å². The van der Waals surface area contributed by atoms with Crippen molar-refractivity contribution in [3.63, 3.8) is 0 Å². The van der Waals surface area contributed by atoms with Crippen LogP contribution in [0, 0.1) is 6.92 Å². The number of aliphatic hydroxyl groups is 1. The van der Waals surface area contributed by atoms with Crippen molar-refractivity contribution in [3.05, 3.63) is 6.92 Å². The first kappa shape index (κ1) is 9.87. The minimum Gasteiger partial charge on any atom is -0.396 e. The molecular formula is C5H11O4S. The number of aliphatic hydroxyl groups excluding tert-OH is 1. The fraction of sp³-hybridized carbons (Fsp3) is 0.800. The maximum atomic E-state index is 10.4. The van der Waals surface area contributed by atoms with Crippen LogP contribution in [0.15, 0.2) is 0 Å². The second-order valence-corrected chi connectivity index (χ2v) is 3.63. The summed E-state index contributed by atoms with van der Waals surface area (Å²) in [7, 11) is -4.00. The van der Waals surface area contributed by atoms with Crippen molar-refractivity contribution >= 4 is 10.1 Å². The summed E-state index contributed by atoms with van der Waals surface area (Å²) in [5.74, 6) is 0. The zero-order chi connectivity index (χ0) is 8.20. The van der Waals surface area contributed by atoms with E-state index in [1.807, 2.05) is 0 Å².